The lowest BCUT2D eigenvalue weighted by molar-refractivity contribution is -0.128. The zero-order chi connectivity index (χ0) is 21.5. The second kappa shape index (κ2) is 10.9. The molecule has 0 aromatic heterocycles. The van der Waals surface area contributed by atoms with Gasteiger partial charge in [0.15, 0.2) is 0 Å². The average Bonchev–Trinajstić information content (AvgIpc) is 2.75. The van der Waals surface area contributed by atoms with Gasteiger partial charge in [0, 0.05) is 37.9 Å². The summed E-state index contributed by atoms with van der Waals surface area (Å²) in [6, 6.07) is 8.17. The highest BCUT2D eigenvalue weighted by Crippen LogP contribution is 2.24. The van der Waals surface area contributed by atoms with Crippen molar-refractivity contribution in [3.05, 3.63) is 29.8 Å². The molecule has 6 heteroatoms. The molecule has 3 atom stereocenters. The molecule has 0 unspecified atom stereocenters. The van der Waals surface area contributed by atoms with Crippen LogP contribution in [-0.2, 0) is 16.0 Å². The number of carbonyl (C=O) groups excluding carboxylic acids is 2. The third-order valence-electron chi connectivity index (χ3n) is 6.81. The third-order valence-corrected chi connectivity index (χ3v) is 6.81. The quantitative estimate of drug-likeness (QED) is 0.720. The van der Waals surface area contributed by atoms with Crippen molar-refractivity contribution >= 4 is 17.5 Å². The minimum Gasteiger partial charge on any atom is -0.352 e. The Kier molecular flexibility index (Phi) is 8.28. The molecule has 6 nitrogen and oxygen atoms in total. The fraction of sp³-hybridized carbons (Fsp3) is 0.667. The summed E-state index contributed by atoms with van der Waals surface area (Å²) in [5, 5.41) is 6.34. The van der Waals surface area contributed by atoms with Crippen LogP contribution in [0.1, 0.15) is 52.0 Å². The first-order valence-corrected chi connectivity index (χ1v) is 11.6. The van der Waals surface area contributed by atoms with Crippen LogP contribution in [0.5, 0.6) is 0 Å². The Bertz CT molecular complexity index is 715. The second-order valence-corrected chi connectivity index (χ2v) is 8.92. The van der Waals surface area contributed by atoms with Crippen LogP contribution >= 0.6 is 0 Å². The van der Waals surface area contributed by atoms with E-state index in [0.717, 1.165) is 50.3 Å². The molecule has 2 N–H and O–H groups in total. The number of nitrogens with zero attached hydrogens (tertiary/aromatic N) is 2. The summed E-state index contributed by atoms with van der Waals surface area (Å²) in [7, 11) is 0. The van der Waals surface area contributed by atoms with Gasteiger partial charge in [-0.3, -0.25) is 19.4 Å². The van der Waals surface area contributed by atoms with Crippen molar-refractivity contribution in [2.75, 3.05) is 38.0 Å². The largest absolute Gasteiger partial charge is 0.352 e. The summed E-state index contributed by atoms with van der Waals surface area (Å²) in [6.07, 6.45) is 5.71. The van der Waals surface area contributed by atoms with Crippen LogP contribution in [0, 0.1) is 5.92 Å². The van der Waals surface area contributed by atoms with Crippen molar-refractivity contribution in [2.45, 2.75) is 65.0 Å². The Labute approximate surface area is 181 Å². The lowest BCUT2D eigenvalue weighted by Crippen LogP contribution is -2.56. The zero-order valence-corrected chi connectivity index (χ0v) is 18.8. The van der Waals surface area contributed by atoms with E-state index in [0.29, 0.717) is 18.5 Å². The lowest BCUT2D eigenvalue weighted by atomic mass is 9.86. The number of aryl methyl sites for hydroxylation is 1. The molecule has 3 rings (SSSR count). The van der Waals surface area contributed by atoms with Crippen molar-refractivity contribution in [3.8, 4) is 0 Å². The van der Waals surface area contributed by atoms with Gasteiger partial charge in [0.05, 0.1) is 12.6 Å². The number of amides is 2. The maximum absolute atomic E-state index is 12.7. The van der Waals surface area contributed by atoms with Crippen LogP contribution in [-0.4, -0.2) is 66.4 Å². The Morgan fingerprint density at radius 1 is 1.10 bits per heavy atom. The number of para-hydroxylation sites is 1. The second-order valence-electron chi connectivity index (χ2n) is 8.92. The molecule has 1 aromatic carbocycles. The molecule has 0 bridgehead atoms. The van der Waals surface area contributed by atoms with Gasteiger partial charge in [0.2, 0.25) is 11.8 Å². The highest BCUT2D eigenvalue weighted by molar-refractivity contribution is 5.93. The fourth-order valence-electron chi connectivity index (χ4n) is 4.65. The molecule has 2 amide bonds. The monoisotopic (exact) mass is 414 g/mol. The topological polar surface area (TPSA) is 64.7 Å². The number of carbonyl (C=O) groups is 2. The van der Waals surface area contributed by atoms with Gasteiger partial charge in [0.1, 0.15) is 0 Å². The van der Waals surface area contributed by atoms with E-state index in [1.165, 1.54) is 19.3 Å². The molecule has 30 heavy (non-hydrogen) atoms. The van der Waals surface area contributed by atoms with Gasteiger partial charge in [-0.15, -0.1) is 0 Å². The molecule has 1 heterocycles. The molecule has 1 aliphatic carbocycles. The molecule has 1 aromatic rings. The predicted molar refractivity (Wildman–Crippen MR) is 121 cm³/mol. The van der Waals surface area contributed by atoms with E-state index < -0.39 is 0 Å². The first-order chi connectivity index (χ1) is 14.5. The molecule has 2 fully saturated rings. The Morgan fingerprint density at radius 3 is 2.50 bits per heavy atom. The van der Waals surface area contributed by atoms with Gasteiger partial charge in [-0.05, 0) is 43.7 Å². The van der Waals surface area contributed by atoms with Crippen molar-refractivity contribution in [1.29, 1.82) is 0 Å². The van der Waals surface area contributed by atoms with Crippen LogP contribution in [0.25, 0.3) is 0 Å². The summed E-state index contributed by atoms with van der Waals surface area (Å²) in [5.41, 5.74) is 2.06. The Balaban J connectivity index is 1.42. The van der Waals surface area contributed by atoms with Gasteiger partial charge < -0.3 is 10.6 Å². The Morgan fingerprint density at radius 2 is 1.80 bits per heavy atom. The summed E-state index contributed by atoms with van der Waals surface area (Å²) < 4.78 is 0. The highest BCUT2D eigenvalue weighted by Gasteiger charge is 2.29. The molecule has 1 saturated heterocycles. The number of hydrogen-bond acceptors (Lipinski definition) is 4. The minimum atomic E-state index is -0.119. The number of anilines is 1. The molecular formula is C24H38N4O2. The number of hydrogen-bond donors (Lipinski definition) is 2. The van der Waals surface area contributed by atoms with E-state index in [1.54, 1.807) is 0 Å². The van der Waals surface area contributed by atoms with Gasteiger partial charge in [-0.1, -0.05) is 44.9 Å². The molecule has 0 spiro atoms. The van der Waals surface area contributed by atoms with Crippen LogP contribution in [0.2, 0.25) is 0 Å². The summed E-state index contributed by atoms with van der Waals surface area (Å²) in [5.74, 6) is 0.751. The van der Waals surface area contributed by atoms with Crippen molar-refractivity contribution in [2.24, 2.45) is 5.92 Å². The van der Waals surface area contributed by atoms with E-state index >= 15 is 0 Å². The number of benzene rings is 1. The van der Waals surface area contributed by atoms with E-state index in [-0.39, 0.29) is 17.9 Å². The fourth-order valence-corrected chi connectivity index (χ4v) is 4.65. The van der Waals surface area contributed by atoms with E-state index in [1.807, 2.05) is 25.1 Å². The van der Waals surface area contributed by atoms with E-state index in [2.05, 4.69) is 40.3 Å². The predicted octanol–water partition coefficient (Wildman–Crippen LogP) is 2.89. The van der Waals surface area contributed by atoms with Crippen LogP contribution in [0.3, 0.4) is 0 Å². The maximum Gasteiger partial charge on any atom is 0.238 e. The maximum atomic E-state index is 12.7. The SMILES string of the molecule is CCc1ccccc1NC(=O)CN1CCN([C@H](C)C(=O)N[C@H]2CCCC[C@@H]2C)CC1. The standard InChI is InChI=1S/C24H38N4O2/c1-4-20-10-6-8-12-22(20)25-23(29)17-27-13-15-28(16-14-27)19(3)24(30)26-21-11-7-5-9-18(21)2/h6,8,10,12,18-19,21H,4-5,7,9,11,13-17H2,1-3H3,(H,25,29)(H,26,30)/t18-,19+,21-/m0/s1. The number of nitrogens with one attached hydrogen (secondary N) is 2. The van der Waals surface area contributed by atoms with Crippen LogP contribution in [0.4, 0.5) is 5.69 Å². The molecule has 166 valence electrons. The molecular weight excluding hydrogens is 376 g/mol. The van der Waals surface area contributed by atoms with Gasteiger partial charge >= 0.3 is 0 Å². The zero-order valence-electron chi connectivity index (χ0n) is 18.8. The average molecular weight is 415 g/mol. The van der Waals surface area contributed by atoms with E-state index in [4.69, 9.17) is 0 Å². The highest BCUT2D eigenvalue weighted by atomic mass is 16.2. The van der Waals surface area contributed by atoms with Crippen LogP contribution < -0.4 is 10.6 Å². The van der Waals surface area contributed by atoms with Crippen LogP contribution in [0.15, 0.2) is 24.3 Å². The normalized spacial score (nSPS) is 24.2. The molecule has 0 radical (unpaired) electrons. The first kappa shape index (κ1) is 22.8. The molecule has 1 aliphatic heterocycles. The molecule has 1 saturated carbocycles. The van der Waals surface area contributed by atoms with Gasteiger partial charge in [-0.2, -0.15) is 0 Å². The smallest absolute Gasteiger partial charge is 0.238 e. The Hall–Kier alpha value is -1.92. The van der Waals surface area contributed by atoms with E-state index in [9.17, 15) is 9.59 Å². The van der Waals surface area contributed by atoms with Crippen molar-refractivity contribution in [3.63, 3.8) is 0 Å². The van der Waals surface area contributed by atoms with Gasteiger partial charge in [-0.25, -0.2) is 0 Å². The lowest BCUT2D eigenvalue weighted by Gasteiger charge is -2.38. The van der Waals surface area contributed by atoms with Crippen molar-refractivity contribution < 1.29 is 9.59 Å². The summed E-state index contributed by atoms with van der Waals surface area (Å²) in [4.78, 5) is 29.7. The number of piperazine rings is 1. The summed E-state index contributed by atoms with van der Waals surface area (Å²) >= 11 is 0. The third kappa shape index (κ3) is 6.05. The summed E-state index contributed by atoms with van der Waals surface area (Å²) in [6.45, 7) is 9.98. The molecule has 2 aliphatic rings. The first-order valence-electron chi connectivity index (χ1n) is 11.6. The number of rotatable bonds is 7. The van der Waals surface area contributed by atoms with Gasteiger partial charge in [0.25, 0.3) is 0 Å². The van der Waals surface area contributed by atoms with Crippen molar-refractivity contribution in [1.82, 2.24) is 15.1 Å². The minimum absolute atomic E-state index is 0.0291.